The van der Waals surface area contributed by atoms with Crippen LogP contribution in [0.5, 0.6) is 11.5 Å². The molecule has 0 aromatic heterocycles. The summed E-state index contributed by atoms with van der Waals surface area (Å²) < 4.78 is 16.0. The number of hydrogen-bond donors (Lipinski definition) is 1. The standard InChI is InChI=1S/C20H18N2O5/c1-13(15-5-6-17-18(10-15)26-8-7-25-17)22-19(23)12-27-20(24)16-4-2-3-14(9-16)11-21/h2-6,9-10,13H,7-8,12H2,1H3,(H,22,23). The molecule has 1 aliphatic rings. The Bertz CT molecular complexity index is 903. The van der Waals surface area contributed by atoms with Gasteiger partial charge in [-0.25, -0.2) is 4.79 Å². The van der Waals surface area contributed by atoms with E-state index in [2.05, 4.69) is 5.32 Å². The lowest BCUT2D eigenvalue weighted by Gasteiger charge is -2.21. The number of carbonyl (C=O) groups excluding carboxylic acids is 2. The second-order valence-corrected chi connectivity index (χ2v) is 5.96. The van der Waals surface area contributed by atoms with Crippen LogP contribution >= 0.6 is 0 Å². The van der Waals surface area contributed by atoms with Crippen LogP contribution in [-0.4, -0.2) is 31.7 Å². The molecule has 7 heteroatoms. The molecule has 2 aromatic rings. The SMILES string of the molecule is CC(NC(=O)COC(=O)c1cccc(C#N)c1)c1ccc2c(c1)OCCO2. The number of ether oxygens (including phenoxy) is 3. The van der Waals surface area contributed by atoms with E-state index in [-0.39, 0.29) is 11.6 Å². The summed E-state index contributed by atoms with van der Waals surface area (Å²) in [6.07, 6.45) is 0. The van der Waals surface area contributed by atoms with E-state index in [1.54, 1.807) is 18.2 Å². The predicted molar refractivity (Wildman–Crippen MR) is 95.4 cm³/mol. The van der Waals surface area contributed by atoms with Crippen LogP contribution in [0.2, 0.25) is 0 Å². The molecule has 0 fully saturated rings. The first-order valence-electron chi connectivity index (χ1n) is 8.43. The zero-order valence-corrected chi connectivity index (χ0v) is 14.7. The number of rotatable bonds is 5. The van der Waals surface area contributed by atoms with Crippen molar-refractivity contribution in [2.45, 2.75) is 13.0 Å². The number of hydrogen-bond acceptors (Lipinski definition) is 6. The molecule has 2 aromatic carbocycles. The number of esters is 1. The molecule has 0 radical (unpaired) electrons. The van der Waals surface area contributed by atoms with E-state index >= 15 is 0 Å². The molecule has 3 rings (SSSR count). The fraction of sp³-hybridized carbons (Fsp3) is 0.250. The monoisotopic (exact) mass is 366 g/mol. The summed E-state index contributed by atoms with van der Waals surface area (Å²) in [4.78, 5) is 24.1. The molecule has 138 valence electrons. The van der Waals surface area contributed by atoms with E-state index in [9.17, 15) is 9.59 Å². The lowest BCUT2D eigenvalue weighted by Crippen LogP contribution is -2.31. The molecule has 1 heterocycles. The van der Waals surface area contributed by atoms with Gasteiger partial charge in [0.25, 0.3) is 5.91 Å². The first-order valence-corrected chi connectivity index (χ1v) is 8.43. The lowest BCUT2D eigenvalue weighted by atomic mass is 10.1. The van der Waals surface area contributed by atoms with Gasteiger partial charge in [0.1, 0.15) is 13.2 Å². The van der Waals surface area contributed by atoms with Gasteiger partial charge in [0.2, 0.25) is 0 Å². The van der Waals surface area contributed by atoms with Gasteiger partial charge in [-0.3, -0.25) is 4.79 Å². The zero-order chi connectivity index (χ0) is 19.2. The van der Waals surface area contributed by atoms with Crippen LogP contribution in [0.3, 0.4) is 0 Å². The van der Waals surface area contributed by atoms with Gasteiger partial charge in [0.15, 0.2) is 18.1 Å². The molecule has 0 saturated carbocycles. The lowest BCUT2D eigenvalue weighted by molar-refractivity contribution is -0.124. The maximum absolute atomic E-state index is 12.1. The highest BCUT2D eigenvalue weighted by Crippen LogP contribution is 2.32. The number of fused-ring (bicyclic) bond motifs is 1. The maximum atomic E-state index is 12.1. The highest BCUT2D eigenvalue weighted by molar-refractivity contribution is 5.91. The highest BCUT2D eigenvalue weighted by Gasteiger charge is 2.17. The summed E-state index contributed by atoms with van der Waals surface area (Å²) in [7, 11) is 0. The Hall–Kier alpha value is -3.53. The number of nitrogens with one attached hydrogen (secondary N) is 1. The summed E-state index contributed by atoms with van der Waals surface area (Å²) in [5.74, 6) is 0.233. The van der Waals surface area contributed by atoms with Crippen LogP contribution in [0.1, 0.15) is 34.5 Å². The third-order valence-corrected chi connectivity index (χ3v) is 4.01. The minimum atomic E-state index is -0.658. The van der Waals surface area contributed by atoms with Crippen molar-refractivity contribution in [3.8, 4) is 17.6 Å². The Morgan fingerprint density at radius 3 is 2.74 bits per heavy atom. The molecule has 0 spiro atoms. The molecule has 1 amide bonds. The van der Waals surface area contributed by atoms with Crippen LogP contribution in [0.15, 0.2) is 42.5 Å². The Morgan fingerprint density at radius 2 is 1.96 bits per heavy atom. The van der Waals surface area contributed by atoms with Crippen LogP contribution in [0.4, 0.5) is 0 Å². The van der Waals surface area contributed by atoms with E-state index in [1.165, 1.54) is 12.1 Å². The average Bonchev–Trinajstić information content (AvgIpc) is 2.71. The molecule has 0 bridgehead atoms. The predicted octanol–water partition coefficient (Wildman–Crippen LogP) is 2.36. The molecule has 1 aliphatic heterocycles. The van der Waals surface area contributed by atoms with Crippen molar-refractivity contribution in [2.24, 2.45) is 0 Å². The fourth-order valence-electron chi connectivity index (χ4n) is 2.63. The normalized spacial score (nSPS) is 13.2. The Labute approximate surface area is 156 Å². The maximum Gasteiger partial charge on any atom is 0.338 e. The van der Waals surface area contributed by atoms with Gasteiger partial charge in [0.05, 0.1) is 23.2 Å². The van der Waals surface area contributed by atoms with Crippen molar-refractivity contribution in [1.29, 1.82) is 5.26 Å². The van der Waals surface area contributed by atoms with Gasteiger partial charge in [0, 0.05) is 0 Å². The van der Waals surface area contributed by atoms with E-state index < -0.39 is 18.5 Å². The summed E-state index contributed by atoms with van der Waals surface area (Å²) >= 11 is 0. The second kappa shape index (κ2) is 8.23. The van der Waals surface area contributed by atoms with Crippen LogP contribution < -0.4 is 14.8 Å². The van der Waals surface area contributed by atoms with Gasteiger partial charge in [-0.15, -0.1) is 0 Å². The fourth-order valence-corrected chi connectivity index (χ4v) is 2.63. The third-order valence-electron chi connectivity index (χ3n) is 4.01. The van der Waals surface area contributed by atoms with Crippen molar-refractivity contribution in [2.75, 3.05) is 19.8 Å². The second-order valence-electron chi connectivity index (χ2n) is 5.96. The molecule has 27 heavy (non-hydrogen) atoms. The van der Waals surface area contributed by atoms with E-state index in [1.807, 2.05) is 25.1 Å². The first kappa shape index (κ1) is 18.3. The smallest absolute Gasteiger partial charge is 0.338 e. The summed E-state index contributed by atoms with van der Waals surface area (Å²) in [6.45, 7) is 2.41. The molecule has 1 unspecified atom stereocenters. The quantitative estimate of drug-likeness (QED) is 0.816. The van der Waals surface area contributed by atoms with E-state index in [0.29, 0.717) is 30.3 Å². The van der Waals surface area contributed by atoms with Gasteiger partial charge in [-0.1, -0.05) is 12.1 Å². The number of benzene rings is 2. The summed E-state index contributed by atoms with van der Waals surface area (Å²) in [6, 6.07) is 13.2. The average molecular weight is 366 g/mol. The Kier molecular flexibility index (Phi) is 5.57. The molecule has 7 nitrogen and oxygen atoms in total. The zero-order valence-electron chi connectivity index (χ0n) is 14.7. The number of amides is 1. The first-order chi connectivity index (χ1) is 13.1. The van der Waals surface area contributed by atoms with Gasteiger partial charge in [-0.2, -0.15) is 5.26 Å². The minimum Gasteiger partial charge on any atom is -0.486 e. The van der Waals surface area contributed by atoms with Crippen molar-refractivity contribution < 1.29 is 23.8 Å². The van der Waals surface area contributed by atoms with Crippen molar-refractivity contribution in [3.05, 3.63) is 59.2 Å². The molecule has 1 N–H and O–H groups in total. The van der Waals surface area contributed by atoms with Crippen LogP contribution in [0.25, 0.3) is 0 Å². The van der Waals surface area contributed by atoms with Crippen molar-refractivity contribution >= 4 is 11.9 Å². The van der Waals surface area contributed by atoms with Gasteiger partial charge >= 0.3 is 5.97 Å². The summed E-state index contributed by atoms with van der Waals surface area (Å²) in [5, 5.41) is 11.6. The molecule has 0 aliphatic carbocycles. The highest BCUT2D eigenvalue weighted by atomic mass is 16.6. The molecule has 0 saturated heterocycles. The van der Waals surface area contributed by atoms with Crippen molar-refractivity contribution in [3.63, 3.8) is 0 Å². The molecular formula is C20H18N2O5. The van der Waals surface area contributed by atoms with E-state index in [4.69, 9.17) is 19.5 Å². The topological polar surface area (TPSA) is 97.7 Å². The van der Waals surface area contributed by atoms with Crippen LogP contribution in [0, 0.1) is 11.3 Å². The van der Waals surface area contributed by atoms with Crippen molar-refractivity contribution in [1.82, 2.24) is 5.32 Å². The Morgan fingerprint density at radius 1 is 1.19 bits per heavy atom. The molecular weight excluding hydrogens is 348 g/mol. The van der Waals surface area contributed by atoms with Gasteiger partial charge in [-0.05, 0) is 42.8 Å². The van der Waals surface area contributed by atoms with Gasteiger partial charge < -0.3 is 19.5 Å². The number of nitriles is 1. The Balaban J connectivity index is 1.54. The minimum absolute atomic E-state index is 0.224. The number of nitrogens with zero attached hydrogens (tertiary/aromatic N) is 1. The summed E-state index contributed by atoms with van der Waals surface area (Å²) in [5.41, 5.74) is 1.42. The van der Waals surface area contributed by atoms with E-state index in [0.717, 1.165) is 5.56 Å². The molecule has 1 atom stereocenters. The van der Waals surface area contributed by atoms with Crippen LogP contribution in [-0.2, 0) is 9.53 Å². The largest absolute Gasteiger partial charge is 0.486 e. The number of carbonyl (C=O) groups is 2. The third kappa shape index (κ3) is 4.55.